The summed E-state index contributed by atoms with van der Waals surface area (Å²) >= 11 is 0. The molecule has 3 rings (SSSR count). The fourth-order valence-corrected chi connectivity index (χ4v) is 2.68. The largest absolute Gasteiger partial charge is 0.283 e. The number of hydrogen-bond donors (Lipinski definition) is 0. The molecule has 0 aromatic heterocycles. The van der Waals surface area contributed by atoms with Gasteiger partial charge in [-0.2, -0.15) is 0 Å². The predicted octanol–water partition coefficient (Wildman–Crippen LogP) is 2.00. The molecule has 0 aliphatic carbocycles. The molecule has 3 nitrogen and oxygen atoms in total. The van der Waals surface area contributed by atoms with Gasteiger partial charge in [0.15, 0.2) is 0 Å². The van der Waals surface area contributed by atoms with Crippen LogP contribution in [0.2, 0.25) is 0 Å². The summed E-state index contributed by atoms with van der Waals surface area (Å²) in [4.78, 5) is 11.9. The lowest BCUT2D eigenvalue weighted by molar-refractivity contribution is -0.143. The number of carbonyl (C=O) groups excluding carboxylic acids is 1. The average Bonchev–Trinajstić information content (AvgIpc) is 2.62. The van der Waals surface area contributed by atoms with Crippen LogP contribution >= 0.6 is 0 Å². The molecule has 0 bridgehead atoms. The van der Waals surface area contributed by atoms with Crippen LogP contribution in [0.3, 0.4) is 0 Å². The number of amides is 1. The van der Waals surface area contributed by atoms with Gasteiger partial charge in [-0.05, 0) is 25.3 Å². The number of hydrazine groups is 1. The fourth-order valence-electron chi connectivity index (χ4n) is 2.68. The first kappa shape index (κ1) is 9.70. The van der Waals surface area contributed by atoms with Crippen molar-refractivity contribution in [1.29, 1.82) is 0 Å². The SMILES string of the molecule is O=C1CCC2/C=C/CCC3C=CC=CN3N12. The summed E-state index contributed by atoms with van der Waals surface area (Å²) in [5.41, 5.74) is 0. The Morgan fingerprint density at radius 2 is 2.06 bits per heavy atom. The van der Waals surface area contributed by atoms with Gasteiger partial charge in [-0.15, -0.1) is 0 Å². The van der Waals surface area contributed by atoms with E-state index in [1.807, 2.05) is 17.3 Å². The summed E-state index contributed by atoms with van der Waals surface area (Å²) in [7, 11) is 0. The van der Waals surface area contributed by atoms with Crippen LogP contribution in [0.4, 0.5) is 0 Å². The van der Waals surface area contributed by atoms with Crippen molar-refractivity contribution in [3.63, 3.8) is 0 Å². The molecule has 0 aromatic carbocycles. The first-order chi connectivity index (χ1) is 7.86. The van der Waals surface area contributed by atoms with E-state index in [1.165, 1.54) is 0 Å². The van der Waals surface area contributed by atoms with Crippen molar-refractivity contribution in [2.24, 2.45) is 0 Å². The summed E-state index contributed by atoms with van der Waals surface area (Å²) in [6.07, 6.45) is 16.5. The Kier molecular flexibility index (Phi) is 2.31. The van der Waals surface area contributed by atoms with Crippen molar-refractivity contribution >= 4 is 5.91 Å². The van der Waals surface area contributed by atoms with E-state index < -0.39 is 0 Å². The molecule has 0 aromatic rings. The van der Waals surface area contributed by atoms with Crippen LogP contribution < -0.4 is 0 Å². The maximum atomic E-state index is 11.9. The van der Waals surface area contributed by atoms with Gasteiger partial charge < -0.3 is 0 Å². The van der Waals surface area contributed by atoms with Crippen molar-refractivity contribution in [2.75, 3.05) is 0 Å². The van der Waals surface area contributed by atoms with Crippen LogP contribution in [-0.2, 0) is 4.79 Å². The summed E-state index contributed by atoms with van der Waals surface area (Å²) in [6.45, 7) is 0. The van der Waals surface area contributed by atoms with Gasteiger partial charge in [-0.3, -0.25) is 9.80 Å². The number of allylic oxidation sites excluding steroid dienone is 3. The first-order valence-corrected chi connectivity index (χ1v) is 5.98. The highest BCUT2D eigenvalue weighted by molar-refractivity contribution is 5.78. The van der Waals surface area contributed by atoms with Crippen molar-refractivity contribution in [3.05, 3.63) is 36.6 Å². The summed E-state index contributed by atoms with van der Waals surface area (Å²) < 4.78 is 0. The molecule has 0 N–H and O–H groups in total. The summed E-state index contributed by atoms with van der Waals surface area (Å²) in [6, 6.07) is 0.617. The Balaban J connectivity index is 1.96. The molecule has 1 fully saturated rings. The third-order valence-corrected chi connectivity index (χ3v) is 3.48. The van der Waals surface area contributed by atoms with Gasteiger partial charge in [-0.1, -0.05) is 24.3 Å². The van der Waals surface area contributed by atoms with Crippen LogP contribution in [0.15, 0.2) is 36.6 Å². The predicted molar refractivity (Wildman–Crippen MR) is 62.1 cm³/mol. The number of hydrogen-bond acceptors (Lipinski definition) is 2. The van der Waals surface area contributed by atoms with Crippen molar-refractivity contribution in [2.45, 2.75) is 37.8 Å². The zero-order valence-electron chi connectivity index (χ0n) is 9.25. The average molecular weight is 216 g/mol. The third-order valence-electron chi connectivity index (χ3n) is 3.48. The van der Waals surface area contributed by atoms with Crippen LogP contribution in [0, 0.1) is 0 Å². The van der Waals surface area contributed by atoms with Crippen LogP contribution in [0.1, 0.15) is 25.7 Å². The van der Waals surface area contributed by atoms with Gasteiger partial charge in [0.05, 0.1) is 12.1 Å². The van der Waals surface area contributed by atoms with Gasteiger partial charge in [0.1, 0.15) is 0 Å². The molecule has 0 spiro atoms. The Morgan fingerprint density at radius 1 is 1.12 bits per heavy atom. The molecule has 3 heterocycles. The molecular formula is C13H16N2O. The molecule has 2 unspecified atom stereocenters. The second-order valence-corrected chi connectivity index (χ2v) is 4.52. The lowest BCUT2D eigenvalue weighted by atomic mass is 10.1. The first-order valence-electron chi connectivity index (χ1n) is 5.98. The second-order valence-electron chi connectivity index (χ2n) is 4.52. The van der Waals surface area contributed by atoms with Gasteiger partial charge in [0.25, 0.3) is 0 Å². The van der Waals surface area contributed by atoms with E-state index in [2.05, 4.69) is 29.3 Å². The molecular weight excluding hydrogens is 200 g/mol. The zero-order valence-corrected chi connectivity index (χ0v) is 9.25. The quantitative estimate of drug-likeness (QED) is 0.578. The van der Waals surface area contributed by atoms with E-state index in [1.54, 1.807) is 0 Å². The standard InChI is InChI=1S/C13H16N2O/c16-13-9-8-12-7-2-1-5-11-6-3-4-10-14(11)15(12)13/h2-4,6-7,10-12H,1,5,8-9H2/b7-2+. The van der Waals surface area contributed by atoms with Crippen molar-refractivity contribution < 1.29 is 4.79 Å². The number of fused-ring (bicyclic) bond motifs is 3. The number of nitrogens with zero attached hydrogens (tertiary/aromatic N) is 2. The van der Waals surface area contributed by atoms with E-state index in [4.69, 9.17) is 0 Å². The van der Waals surface area contributed by atoms with E-state index in [-0.39, 0.29) is 11.9 Å². The van der Waals surface area contributed by atoms with Gasteiger partial charge in [0.2, 0.25) is 5.91 Å². The lowest BCUT2D eigenvalue weighted by Gasteiger charge is -2.41. The minimum atomic E-state index is 0.251. The maximum Gasteiger partial charge on any atom is 0.241 e. The van der Waals surface area contributed by atoms with E-state index in [0.29, 0.717) is 12.5 Å². The second kappa shape index (κ2) is 3.81. The van der Waals surface area contributed by atoms with E-state index in [9.17, 15) is 4.79 Å². The highest BCUT2D eigenvalue weighted by Gasteiger charge is 2.36. The van der Waals surface area contributed by atoms with Crippen LogP contribution in [0.5, 0.6) is 0 Å². The number of rotatable bonds is 0. The molecule has 16 heavy (non-hydrogen) atoms. The van der Waals surface area contributed by atoms with E-state index >= 15 is 0 Å². The van der Waals surface area contributed by atoms with Gasteiger partial charge in [0, 0.05) is 12.6 Å². The molecule has 3 heteroatoms. The minimum Gasteiger partial charge on any atom is -0.283 e. The van der Waals surface area contributed by atoms with E-state index in [0.717, 1.165) is 19.3 Å². The Labute approximate surface area is 95.7 Å². The molecule has 0 saturated carbocycles. The normalized spacial score (nSPS) is 34.4. The molecule has 2 atom stereocenters. The molecule has 1 amide bonds. The molecule has 0 radical (unpaired) electrons. The monoisotopic (exact) mass is 216 g/mol. The fraction of sp³-hybridized carbons (Fsp3) is 0.462. The highest BCUT2D eigenvalue weighted by atomic mass is 16.2. The van der Waals surface area contributed by atoms with Crippen LogP contribution in [-0.4, -0.2) is 28.0 Å². The third kappa shape index (κ3) is 1.47. The molecule has 84 valence electrons. The number of carbonyl (C=O) groups is 1. The van der Waals surface area contributed by atoms with Gasteiger partial charge >= 0.3 is 0 Å². The maximum absolute atomic E-state index is 11.9. The minimum absolute atomic E-state index is 0.251. The smallest absolute Gasteiger partial charge is 0.241 e. The van der Waals surface area contributed by atoms with Crippen molar-refractivity contribution in [1.82, 2.24) is 10.0 Å². The summed E-state index contributed by atoms with van der Waals surface area (Å²) in [5, 5.41) is 4.05. The van der Waals surface area contributed by atoms with Gasteiger partial charge in [-0.25, -0.2) is 5.01 Å². The van der Waals surface area contributed by atoms with Crippen LogP contribution in [0.25, 0.3) is 0 Å². The highest BCUT2D eigenvalue weighted by Crippen LogP contribution is 2.28. The molecule has 3 aliphatic rings. The van der Waals surface area contributed by atoms with Crippen molar-refractivity contribution in [3.8, 4) is 0 Å². The zero-order chi connectivity index (χ0) is 11.0. The topological polar surface area (TPSA) is 23.6 Å². The summed E-state index contributed by atoms with van der Waals surface area (Å²) in [5.74, 6) is 0.251. The Bertz CT molecular complexity index is 383. The molecule has 1 saturated heterocycles. The lowest BCUT2D eigenvalue weighted by Crippen LogP contribution is -2.50. The Hall–Kier alpha value is -1.51. The molecule has 3 aliphatic heterocycles. The Morgan fingerprint density at radius 3 is 3.00 bits per heavy atom.